The number of para-hydroxylation sites is 1. The van der Waals surface area contributed by atoms with Gasteiger partial charge < -0.3 is 20.1 Å². The van der Waals surface area contributed by atoms with Gasteiger partial charge in [-0.3, -0.25) is 0 Å². The molecule has 0 fully saturated rings. The molecular formula is C19H26N2O2. The van der Waals surface area contributed by atoms with Crippen LogP contribution in [-0.2, 0) is 6.42 Å². The van der Waals surface area contributed by atoms with Crippen LogP contribution in [-0.4, -0.2) is 38.5 Å². The lowest BCUT2D eigenvalue weighted by molar-refractivity contribution is 0.304. The van der Waals surface area contributed by atoms with E-state index in [4.69, 9.17) is 9.84 Å². The molecule has 0 amide bonds. The molecular weight excluding hydrogens is 288 g/mol. The van der Waals surface area contributed by atoms with Crippen molar-refractivity contribution in [3.8, 4) is 5.75 Å². The lowest BCUT2D eigenvalue weighted by Gasteiger charge is -2.20. The van der Waals surface area contributed by atoms with E-state index in [9.17, 15) is 0 Å². The zero-order chi connectivity index (χ0) is 16.7. The molecule has 2 N–H and O–H groups in total. The Hall–Kier alpha value is -2.20. The molecule has 2 rings (SSSR count). The first kappa shape index (κ1) is 17.2. The number of benzene rings is 2. The maximum absolute atomic E-state index is 8.99. The molecule has 0 bridgehead atoms. The molecule has 1 unspecified atom stereocenters. The van der Waals surface area contributed by atoms with Gasteiger partial charge >= 0.3 is 0 Å². The van der Waals surface area contributed by atoms with Gasteiger partial charge in [-0.25, -0.2) is 0 Å². The maximum Gasteiger partial charge on any atom is 0.122 e. The summed E-state index contributed by atoms with van der Waals surface area (Å²) in [6, 6.07) is 16.7. The van der Waals surface area contributed by atoms with Crippen molar-refractivity contribution in [2.24, 2.45) is 0 Å². The van der Waals surface area contributed by atoms with Gasteiger partial charge in [0.05, 0.1) is 13.7 Å². The Morgan fingerprint density at radius 1 is 1.13 bits per heavy atom. The molecule has 2 aromatic carbocycles. The molecule has 0 saturated carbocycles. The van der Waals surface area contributed by atoms with Gasteiger partial charge in [0.25, 0.3) is 0 Å². The SMILES string of the molecule is COc1ccccc1CC(C)Nc1ccc(N(C)CCO)cc1. The first-order valence-corrected chi connectivity index (χ1v) is 7.94. The van der Waals surface area contributed by atoms with E-state index in [1.54, 1.807) is 7.11 Å². The van der Waals surface area contributed by atoms with E-state index in [2.05, 4.69) is 42.6 Å². The molecule has 124 valence electrons. The van der Waals surface area contributed by atoms with Gasteiger partial charge in [0.15, 0.2) is 0 Å². The Balaban J connectivity index is 1.96. The van der Waals surface area contributed by atoms with E-state index >= 15 is 0 Å². The number of aliphatic hydroxyl groups is 1. The van der Waals surface area contributed by atoms with Crippen LogP contribution in [0.2, 0.25) is 0 Å². The normalized spacial score (nSPS) is 11.8. The summed E-state index contributed by atoms with van der Waals surface area (Å²) in [5.41, 5.74) is 3.39. The first-order valence-electron chi connectivity index (χ1n) is 7.94. The number of hydrogen-bond donors (Lipinski definition) is 2. The molecule has 0 radical (unpaired) electrons. The zero-order valence-electron chi connectivity index (χ0n) is 14.1. The van der Waals surface area contributed by atoms with Gasteiger partial charge in [-0.15, -0.1) is 0 Å². The number of nitrogens with one attached hydrogen (secondary N) is 1. The first-order chi connectivity index (χ1) is 11.1. The average molecular weight is 314 g/mol. The Morgan fingerprint density at radius 3 is 2.48 bits per heavy atom. The van der Waals surface area contributed by atoms with E-state index in [1.165, 1.54) is 5.56 Å². The smallest absolute Gasteiger partial charge is 0.122 e. The van der Waals surface area contributed by atoms with Crippen molar-refractivity contribution in [2.45, 2.75) is 19.4 Å². The largest absolute Gasteiger partial charge is 0.496 e. The highest BCUT2D eigenvalue weighted by molar-refractivity contribution is 5.55. The number of hydrogen-bond acceptors (Lipinski definition) is 4. The summed E-state index contributed by atoms with van der Waals surface area (Å²) in [7, 11) is 3.68. The van der Waals surface area contributed by atoms with Crippen molar-refractivity contribution in [2.75, 3.05) is 37.5 Å². The molecule has 0 aliphatic rings. The van der Waals surface area contributed by atoms with Gasteiger partial charge in [0.1, 0.15) is 5.75 Å². The third-order valence-corrected chi connectivity index (χ3v) is 3.88. The number of rotatable bonds is 8. The molecule has 0 aliphatic heterocycles. The van der Waals surface area contributed by atoms with Crippen molar-refractivity contribution in [1.82, 2.24) is 0 Å². The quantitative estimate of drug-likeness (QED) is 0.785. The average Bonchev–Trinajstić information content (AvgIpc) is 2.56. The highest BCUT2D eigenvalue weighted by atomic mass is 16.5. The van der Waals surface area contributed by atoms with Crippen LogP contribution < -0.4 is 15.0 Å². The summed E-state index contributed by atoms with van der Waals surface area (Å²) >= 11 is 0. The molecule has 0 heterocycles. The minimum atomic E-state index is 0.159. The van der Waals surface area contributed by atoms with E-state index < -0.39 is 0 Å². The molecule has 4 nitrogen and oxygen atoms in total. The summed E-state index contributed by atoms with van der Waals surface area (Å²) in [6.07, 6.45) is 0.899. The van der Waals surface area contributed by atoms with Gasteiger partial charge in [-0.2, -0.15) is 0 Å². The maximum atomic E-state index is 8.99. The fourth-order valence-electron chi connectivity index (χ4n) is 2.63. The summed E-state index contributed by atoms with van der Waals surface area (Å²) in [5.74, 6) is 0.933. The molecule has 0 spiro atoms. The predicted octanol–water partition coefficient (Wildman–Crippen LogP) is 3.17. The second-order valence-corrected chi connectivity index (χ2v) is 5.75. The number of likely N-dealkylation sites (N-methyl/N-ethyl adjacent to an activating group) is 1. The van der Waals surface area contributed by atoms with Crippen molar-refractivity contribution >= 4 is 11.4 Å². The van der Waals surface area contributed by atoms with E-state index in [0.29, 0.717) is 12.6 Å². The van der Waals surface area contributed by atoms with Gasteiger partial charge in [0.2, 0.25) is 0 Å². The highest BCUT2D eigenvalue weighted by Gasteiger charge is 2.08. The second kappa shape index (κ2) is 8.44. The van der Waals surface area contributed by atoms with Crippen LogP contribution in [0.4, 0.5) is 11.4 Å². The minimum Gasteiger partial charge on any atom is -0.496 e. The van der Waals surface area contributed by atoms with Crippen LogP contribution in [0.5, 0.6) is 5.75 Å². The fourth-order valence-corrected chi connectivity index (χ4v) is 2.63. The van der Waals surface area contributed by atoms with Crippen LogP contribution in [0, 0.1) is 0 Å². The third kappa shape index (κ3) is 4.89. The molecule has 23 heavy (non-hydrogen) atoms. The van der Waals surface area contributed by atoms with Gasteiger partial charge in [-0.05, 0) is 49.2 Å². The van der Waals surface area contributed by atoms with E-state index in [1.807, 2.05) is 30.1 Å². The van der Waals surface area contributed by atoms with E-state index in [-0.39, 0.29) is 6.61 Å². The van der Waals surface area contributed by atoms with Gasteiger partial charge in [-0.1, -0.05) is 18.2 Å². The van der Waals surface area contributed by atoms with Gasteiger partial charge in [0, 0.05) is 31.0 Å². The van der Waals surface area contributed by atoms with Crippen LogP contribution in [0.1, 0.15) is 12.5 Å². The molecule has 0 aliphatic carbocycles. The standard InChI is InChI=1S/C19H26N2O2/c1-15(14-16-6-4-5-7-19(16)23-3)20-17-8-10-18(11-9-17)21(2)12-13-22/h4-11,15,20,22H,12-14H2,1-3H3. The van der Waals surface area contributed by atoms with Crippen LogP contribution >= 0.6 is 0 Å². The predicted molar refractivity (Wildman–Crippen MR) is 96.6 cm³/mol. The zero-order valence-corrected chi connectivity index (χ0v) is 14.1. The topological polar surface area (TPSA) is 44.7 Å². The molecule has 1 atom stereocenters. The Morgan fingerprint density at radius 2 is 1.83 bits per heavy atom. The minimum absolute atomic E-state index is 0.159. The lowest BCUT2D eigenvalue weighted by Crippen LogP contribution is -2.21. The van der Waals surface area contributed by atoms with Crippen LogP contribution in [0.15, 0.2) is 48.5 Å². The number of aliphatic hydroxyl groups excluding tert-OH is 1. The van der Waals surface area contributed by atoms with Crippen molar-refractivity contribution < 1.29 is 9.84 Å². The summed E-state index contributed by atoms with van der Waals surface area (Å²) < 4.78 is 5.41. The third-order valence-electron chi connectivity index (χ3n) is 3.88. The number of ether oxygens (including phenoxy) is 1. The lowest BCUT2D eigenvalue weighted by atomic mass is 10.1. The monoisotopic (exact) mass is 314 g/mol. The van der Waals surface area contributed by atoms with Crippen molar-refractivity contribution in [3.63, 3.8) is 0 Å². The molecule has 2 aromatic rings. The summed E-state index contributed by atoms with van der Waals surface area (Å²) in [5, 5.41) is 12.5. The van der Waals surface area contributed by atoms with Crippen LogP contribution in [0.25, 0.3) is 0 Å². The summed E-state index contributed by atoms with van der Waals surface area (Å²) in [4.78, 5) is 2.03. The van der Waals surface area contributed by atoms with Crippen molar-refractivity contribution in [1.29, 1.82) is 0 Å². The second-order valence-electron chi connectivity index (χ2n) is 5.75. The molecule has 0 aromatic heterocycles. The number of methoxy groups -OCH3 is 1. The number of nitrogens with zero attached hydrogens (tertiary/aromatic N) is 1. The number of anilines is 2. The Bertz CT molecular complexity index is 599. The van der Waals surface area contributed by atoms with Crippen molar-refractivity contribution in [3.05, 3.63) is 54.1 Å². The van der Waals surface area contributed by atoms with Crippen LogP contribution in [0.3, 0.4) is 0 Å². The molecule has 4 heteroatoms. The van der Waals surface area contributed by atoms with E-state index in [0.717, 1.165) is 23.5 Å². The molecule has 0 saturated heterocycles. The summed E-state index contributed by atoms with van der Waals surface area (Å²) in [6.45, 7) is 2.96. The Labute approximate surface area is 138 Å². The fraction of sp³-hybridized carbons (Fsp3) is 0.368. The Kier molecular flexibility index (Phi) is 6.29. The highest BCUT2D eigenvalue weighted by Crippen LogP contribution is 2.21.